The molecule has 2 aliphatic rings. The zero-order chi connectivity index (χ0) is 20.3. The summed E-state index contributed by atoms with van der Waals surface area (Å²) in [6, 6.07) is 7.39. The predicted molar refractivity (Wildman–Crippen MR) is 105 cm³/mol. The number of sulfonamides is 1. The molecular formula is C19H24ClN3O4S. The van der Waals surface area contributed by atoms with Gasteiger partial charge in [0.05, 0.1) is 18.4 Å². The summed E-state index contributed by atoms with van der Waals surface area (Å²) in [5.74, 6) is 0.599. The number of aromatic nitrogens is 2. The van der Waals surface area contributed by atoms with Crippen LogP contribution in [0.5, 0.6) is 5.75 Å². The van der Waals surface area contributed by atoms with Crippen molar-refractivity contribution in [1.82, 2.24) is 14.1 Å². The Bertz CT molecular complexity index is 1020. The standard InChI is InChI=1S/C19H24ClN3O4S/c1-12-17(18(20)22(2)21-12)28(25,26)23-10-13-7-8-19(24,16(13)11-23)14-5-4-6-15(9-14)27-3/h4-6,9,13,16,24H,7-8,10-11H2,1-3H3. The second-order valence-corrected chi connectivity index (χ2v) is 9.95. The molecule has 2 aromatic rings. The number of halogens is 1. The maximum Gasteiger partial charge on any atom is 0.248 e. The Balaban J connectivity index is 1.66. The van der Waals surface area contributed by atoms with E-state index in [0.29, 0.717) is 24.4 Å². The van der Waals surface area contributed by atoms with Crippen LogP contribution in [0.15, 0.2) is 29.2 Å². The molecule has 2 heterocycles. The van der Waals surface area contributed by atoms with Crippen LogP contribution in [0, 0.1) is 18.8 Å². The number of methoxy groups -OCH3 is 1. The zero-order valence-corrected chi connectivity index (χ0v) is 17.7. The van der Waals surface area contributed by atoms with Gasteiger partial charge in [-0.2, -0.15) is 9.40 Å². The van der Waals surface area contributed by atoms with Crippen molar-refractivity contribution in [3.63, 3.8) is 0 Å². The summed E-state index contributed by atoms with van der Waals surface area (Å²) >= 11 is 6.21. The Morgan fingerprint density at radius 3 is 2.75 bits per heavy atom. The van der Waals surface area contributed by atoms with Gasteiger partial charge in [-0.05, 0) is 43.4 Å². The topological polar surface area (TPSA) is 84.7 Å². The van der Waals surface area contributed by atoms with Crippen LogP contribution in [0.25, 0.3) is 0 Å². The van der Waals surface area contributed by atoms with Crippen LogP contribution in [0.4, 0.5) is 0 Å². The van der Waals surface area contributed by atoms with Gasteiger partial charge >= 0.3 is 0 Å². The molecule has 1 N–H and O–H groups in total. The lowest BCUT2D eigenvalue weighted by Gasteiger charge is -2.31. The molecule has 2 fully saturated rings. The lowest BCUT2D eigenvalue weighted by atomic mass is 9.82. The summed E-state index contributed by atoms with van der Waals surface area (Å²) < 4.78 is 34.6. The highest BCUT2D eigenvalue weighted by Gasteiger charge is 2.55. The number of hydrogen-bond acceptors (Lipinski definition) is 5. The van der Waals surface area contributed by atoms with Crippen LogP contribution in [-0.4, -0.2) is 47.8 Å². The Morgan fingerprint density at radius 1 is 1.36 bits per heavy atom. The summed E-state index contributed by atoms with van der Waals surface area (Å²) in [5.41, 5.74) is 0.0823. The molecule has 4 rings (SSSR count). The van der Waals surface area contributed by atoms with Crippen molar-refractivity contribution in [2.75, 3.05) is 20.2 Å². The van der Waals surface area contributed by atoms with Gasteiger partial charge in [-0.25, -0.2) is 8.42 Å². The molecular weight excluding hydrogens is 402 g/mol. The normalized spacial score (nSPS) is 27.9. The van der Waals surface area contributed by atoms with Crippen molar-refractivity contribution in [3.05, 3.63) is 40.7 Å². The molecule has 28 heavy (non-hydrogen) atoms. The third-order valence-corrected chi connectivity index (χ3v) is 8.71. The Morgan fingerprint density at radius 2 is 2.11 bits per heavy atom. The van der Waals surface area contributed by atoms with Gasteiger partial charge in [-0.15, -0.1) is 0 Å². The van der Waals surface area contributed by atoms with Gasteiger partial charge in [0.2, 0.25) is 10.0 Å². The average Bonchev–Trinajstić information content (AvgIpc) is 3.30. The summed E-state index contributed by atoms with van der Waals surface area (Å²) in [7, 11) is -0.577. The van der Waals surface area contributed by atoms with Gasteiger partial charge in [0.25, 0.3) is 0 Å². The number of benzene rings is 1. The van der Waals surface area contributed by atoms with E-state index in [0.717, 1.165) is 12.0 Å². The summed E-state index contributed by atoms with van der Waals surface area (Å²) in [6.45, 7) is 2.28. The molecule has 0 amide bonds. The van der Waals surface area contributed by atoms with Gasteiger partial charge in [0.1, 0.15) is 15.8 Å². The number of ether oxygens (including phenoxy) is 1. The van der Waals surface area contributed by atoms with Crippen LogP contribution in [0.3, 0.4) is 0 Å². The molecule has 3 unspecified atom stereocenters. The van der Waals surface area contributed by atoms with E-state index < -0.39 is 15.6 Å². The van der Waals surface area contributed by atoms with Gasteiger partial charge in [0, 0.05) is 26.1 Å². The number of fused-ring (bicyclic) bond motifs is 1. The highest BCUT2D eigenvalue weighted by atomic mass is 35.5. The fraction of sp³-hybridized carbons (Fsp3) is 0.526. The van der Waals surface area contributed by atoms with E-state index in [1.54, 1.807) is 21.1 Å². The number of aryl methyl sites for hydroxylation is 2. The van der Waals surface area contributed by atoms with E-state index in [-0.39, 0.29) is 28.4 Å². The minimum absolute atomic E-state index is 0.0570. The molecule has 7 nitrogen and oxygen atoms in total. The Kier molecular flexibility index (Phi) is 4.73. The minimum Gasteiger partial charge on any atom is -0.497 e. The molecule has 1 aromatic carbocycles. The first-order chi connectivity index (χ1) is 13.2. The number of rotatable bonds is 4. The van der Waals surface area contributed by atoms with Crippen molar-refractivity contribution in [2.24, 2.45) is 18.9 Å². The molecule has 0 radical (unpaired) electrons. The van der Waals surface area contributed by atoms with Crippen molar-refractivity contribution in [3.8, 4) is 5.75 Å². The Hall–Kier alpha value is -1.61. The fourth-order valence-electron chi connectivity index (χ4n) is 4.74. The first kappa shape index (κ1) is 19.7. The maximum atomic E-state index is 13.3. The van der Waals surface area contributed by atoms with Gasteiger partial charge in [-0.1, -0.05) is 23.7 Å². The summed E-state index contributed by atoms with van der Waals surface area (Å²) in [4.78, 5) is 0.0570. The molecule has 3 atom stereocenters. The van der Waals surface area contributed by atoms with E-state index in [9.17, 15) is 13.5 Å². The van der Waals surface area contributed by atoms with Crippen LogP contribution in [0.1, 0.15) is 24.1 Å². The number of nitrogens with zero attached hydrogens (tertiary/aromatic N) is 3. The monoisotopic (exact) mass is 425 g/mol. The van der Waals surface area contributed by atoms with E-state index >= 15 is 0 Å². The largest absolute Gasteiger partial charge is 0.497 e. The second kappa shape index (κ2) is 6.73. The molecule has 1 saturated carbocycles. The van der Waals surface area contributed by atoms with Crippen LogP contribution in [-0.2, 0) is 22.7 Å². The lowest BCUT2D eigenvalue weighted by molar-refractivity contribution is -0.00416. The first-order valence-corrected chi connectivity index (χ1v) is 11.1. The quantitative estimate of drug-likeness (QED) is 0.812. The van der Waals surface area contributed by atoms with Crippen LogP contribution >= 0.6 is 11.6 Å². The fourth-order valence-corrected chi connectivity index (χ4v) is 6.96. The lowest BCUT2D eigenvalue weighted by Crippen LogP contribution is -2.36. The predicted octanol–water partition coefficient (Wildman–Crippen LogP) is 2.31. The highest BCUT2D eigenvalue weighted by molar-refractivity contribution is 7.89. The molecule has 1 aliphatic heterocycles. The molecule has 0 bridgehead atoms. The molecule has 1 saturated heterocycles. The molecule has 1 aromatic heterocycles. The maximum absolute atomic E-state index is 13.3. The first-order valence-electron chi connectivity index (χ1n) is 9.24. The van der Waals surface area contributed by atoms with Gasteiger partial charge < -0.3 is 9.84 Å². The van der Waals surface area contributed by atoms with Crippen molar-refractivity contribution >= 4 is 21.6 Å². The molecule has 1 aliphatic carbocycles. The molecule has 152 valence electrons. The molecule has 0 spiro atoms. The van der Waals surface area contributed by atoms with Crippen molar-refractivity contribution < 1.29 is 18.3 Å². The third-order valence-electron chi connectivity index (χ3n) is 6.18. The SMILES string of the molecule is COc1cccc(C2(O)CCC3CN(S(=O)(=O)c4c(C)nn(C)c4Cl)CC32)c1. The van der Waals surface area contributed by atoms with E-state index in [4.69, 9.17) is 16.3 Å². The van der Waals surface area contributed by atoms with Crippen LogP contribution < -0.4 is 4.74 Å². The van der Waals surface area contributed by atoms with E-state index in [1.165, 1.54) is 8.99 Å². The van der Waals surface area contributed by atoms with Crippen LogP contribution in [0.2, 0.25) is 5.15 Å². The summed E-state index contributed by atoms with van der Waals surface area (Å²) in [5, 5.41) is 15.7. The number of hydrogen-bond donors (Lipinski definition) is 1. The van der Waals surface area contributed by atoms with E-state index in [1.807, 2.05) is 24.3 Å². The Labute approximate surface area is 169 Å². The molecule has 9 heteroatoms. The summed E-state index contributed by atoms with van der Waals surface area (Å²) in [6.07, 6.45) is 1.38. The van der Waals surface area contributed by atoms with Crippen molar-refractivity contribution in [1.29, 1.82) is 0 Å². The minimum atomic E-state index is -3.78. The number of aliphatic hydroxyl groups is 1. The second-order valence-electron chi connectivity index (χ2n) is 7.71. The van der Waals surface area contributed by atoms with E-state index in [2.05, 4.69) is 5.10 Å². The highest BCUT2D eigenvalue weighted by Crippen LogP contribution is 2.52. The smallest absolute Gasteiger partial charge is 0.248 e. The average molecular weight is 426 g/mol. The van der Waals surface area contributed by atoms with Gasteiger partial charge in [-0.3, -0.25) is 4.68 Å². The zero-order valence-electron chi connectivity index (χ0n) is 16.1. The van der Waals surface area contributed by atoms with Crippen molar-refractivity contribution in [2.45, 2.75) is 30.3 Å². The third kappa shape index (κ3) is 2.85. The van der Waals surface area contributed by atoms with Gasteiger partial charge in [0.15, 0.2) is 0 Å².